The second-order valence-electron chi connectivity index (χ2n) is 5.49. The minimum Gasteiger partial charge on any atom is -0.489 e. The van der Waals surface area contributed by atoms with Gasteiger partial charge in [-0.1, -0.05) is 18.6 Å². The fourth-order valence-corrected chi connectivity index (χ4v) is 2.41. The highest BCUT2D eigenvalue weighted by atomic mass is 35.5. The molecule has 0 bridgehead atoms. The standard InChI is InChI=1S/C16H24N2O2.ClH/c1-12-6-5-7-14(10-12)20-13(2)11-18-16(19)15-8-3-4-9-17-15;/h5-7,10,13,15,17H,3-4,8-9,11H2,1-2H3,(H,18,19);1H. The van der Waals surface area contributed by atoms with Crippen molar-refractivity contribution in [3.8, 4) is 5.75 Å². The Morgan fingerprint density at radius 2 is 2.29 bits per heavy atom. The van der Waals surface area contributed by atoms with Crippen LogP contribution in [0.1, 0.15) is 31.7 Å². The summed E-state index contributed by atoms with van der Waals surface area (Å²) in [4.78, 5) is 12.0. The van der Waals surface area contributed by atoms with Crippen LogP contribution in [0.3, 0.4) is 0 Å². The summed E-state index contributed by atoms with van der Waals surface area (Å²) in [5.74, 6) is 0.937. The summed E-state index contributed by atoms with van der Waals surface area (Å²) in [6.07, 6.45) is 3.18. The maximum Gasteiger partial charge on any atom is 0.237 e. The first-order valence-corrected chi connectivity index (χ1v) is 7.39. The van der Waals surface area contributed by atoms with Gasteiger partial charge in [-0.2, -0.15) is 0 Å². The summed E-state index contributed by atoms with van der Waals surface area (Å²) in [5, 5.41) is 6.21. The number of piperidine rings is 1. The number of carbonyl (C=O) groups is 1. The van der Waals surface area contributed by atoms with Crippen LogP contribution in [0, 0.1) is 6.92 Å². The van der Waals surface area contributed by atoms with Gasteiger partial charge in [0, 0.05) is 0 Å². The molecular weight excluding hydrogens is 288 g/mol. The Labute approximate surface area is 133 Å². The molecule has 0 spiro atoms. The van der Waals surface area contributed by atoms with Crippen molar-refractivity contribution in [1.82, 2.24) is 10.6 Å². The van der Waals surface area contributed by atoms with Gasteiger partial charge in [0.15, 0.2) is 0 Å². The highest BCUT2D eigenvalue weighted by Gasteiger charge is 2.20. The number of benzene rings is 1. The highest BCUT2D eigenvalue weighted by molar-refractivity contribution is 5.85. The number of nitrogens with one attached hydrogen (secondary N) is 2. The first-order valence-electron chi connectivity index (χ1n) is 7.39. The van der Waals surface area contributed by atoms with Gasteiger partial charge in [-0.15, -0.1) is 12.4 Å². The zero-order valence-electron chi connectivity index (χ0n) is 12.7. The number of rotatable bonds is 5. The van der Waals surface area contributed by atoms with Crippen molar-refractivity contribution in [3.63, 3.8) is 0 Å². The van der Waals surface area contributed by atoms with Gasteiger partial charge < -0.3 is 15.4 Å². The molecule has 1 saturated heterocycles. The zero-order valence-corrected chi connectivity index (χ0v) is 13.5. The van der Waals surface area contributed by atoms with Crippen LogP contribution in [-0.2, 0) is 4.79 Å². The van der Waals surface area contributed by atoms with Crippen LogP contribution in [0.15, 0.2) is 24.3 Å². The SMILES string of the molecule is Cc1cccc(OC(C)CNC(=O)C2CCCCN2)c1.Cl. The van der Waals surface area contributed by atoms with Gasteiger partial charge in [-0.3, -0.25) is 4.79 Å². The first-order chi connectivity index (χ1) is 9.65. The topological polar surface area (TPSA) is 50.4 Å². The second kappa shape index (κ2) is 8.90. The molecule has 4 nitrogen and oxygen atoms in total. The summed E-state index contributed by atoms with van der Waals surface area (Å²) in [6, 6.07) is 7.92. The van der Waals surface area contributed by atoms with Crippen LogP contribution in [-0.4, -0.2) is 31.1 Å². The molecule has 0 radical (unpaired) electrons. The maximum atomic E-state index is 12.0. The van der Waals surface area contributed by atoms with Crippen molar-refractivity contribution < 1.29 is 9.53 Å². The van der Waals surface area contributed by atoms with Crippen molar-refractivity contribution in [3.05, 3.63) is 29.8 Å². The average molecular weight is 313 g/mol. The van der Waals surface area contributed by atoms with E-state index < -0.39 is 0 Å². The fourth-order valence-electron chi connectivity index (χ4n) is 2.41. The van der Waals surface area contributed by atoms with E-state index in [1.165, 1.54) is 5.56 Å². The molecular formula is C16H25ClN2O2. The van der Waals surface area contributed by atoms with Crippen LogP contribution in [0.25, 0.3) is 0 Å². The Bertz CT molecular complexity index is 448. The number of aryl methyl sites for hydroxylation is 1. The van der Waals surface area contributed by atoms with Gasteiger partial charge in [0.05, 0.1) is 12.6 Å². The van der Waals surface area contributed by atoms with Crippen molar-refractivity contribution in [2.75, 3.05) is 13.1 Å². The molecule has 2 N–H and O–H groups in total. The van der Waals surface area contributed by atoms with Crippen molar-refractivity contribution in [2.45, 2.75) is 45.3 Å². The Morgan fingerprint density at radius 1 is 1.48 bits per heavy atom. The van der Waals surface area contributed by atoms with Crippen LogP contribution in [0.2, 0.25) is 0 Å². The molecule has 2 rings (SSSR count). The van der Waals surface area contributed by atoms with Gasteiger partial charge in [0.1, 0.15) is 11.9 Å². The predicted octanol–water partition coefficient (Wildman–Crippen LogP) is 2.44. The van der Waals surface area contributed by atoms with Crippen LogP contribution >= 0.6 is 12.4 Å². The van der Waals surface area contributed by atoms with Gasteiger partial charge in [0.25, 0.3) is 0 Å². The zero-order chi connectivity index (χ0) is 14.4. The number of ether oxygens (including phenoxy) is 1. The summed E-state index contributed by atoms with van der Waals surface area (Å²) in [6.45, 7) is 5.48. The van der Waals surface area contributed by atoms with E-state index >= 15 is 0 Å². The van der Waals surface area contributed by atoms with E-state index in [1.807, 2.05) is 38.1 Å². The lowest BCUT2D eigenvalue weighted by molar-refractivity contribution is -0.124. The molecule has 1 aliphatic heterocycles. The van der Waals surface area contributed by atoms with E-state index in [0.717, 1.165) is 31.6 Å². The molecule has 1 aliphatic rings. The Kier molecular flexibility index (Phi) is 7.54. The molecule has 1 aromatic carbocycles. The quantitative estimate of drug-likeness (QED) is 0.878. The van der Waals surface area contributed by atoms with Crippen LogP contribution < -0.4 is 15.4 Å². The monoisotopic (exact) mass is 312 g/mol. The predicted molar refractivity (Wildman–Crippen MR) is 87.2 cm³/mol. The van der Waals surface area contributed by atoms with Crippen molar-refractivity contribution in [2.24, 2.45) is 0 Å². The molecule has 0 aromatic heterocycles. The lowest BCUT2D eigenvalue weighted by atomic mass is 10.0. The molecule has 1 fully saturated rings. The minimum atomic E-state index is -0.0376. The van der Waals surface area contributed by atoms with E-state index in [0.29, 0.717) is 6.54 Å². The molecule has 0 saturated carbocycles. The fraction of sp³-hybridized carbons (Fsp3) is 0.562. The summed E-state index contributed by atoms with van der Waals surface area (Å²) < 4.78 is 5.80. The molecule has 1 aromatic rings. The maximum absolute atomic E-state index is 12.0. The Morgan fingerprint density at radius 3 is 2.95 bits per heavy atom. The van der Waals surface area contributed by atoms with E-state index in [-0.39, 0.29) is 30.5 Å². The van der Waals surface area contributed by atoms with E-state index in [2.05, 4.69) is 10.6 Å². The Balaban J connectivity index is 0.00000220. The summed E-state index contributed by atoms with van der Waals surface area (Å²) >= 11 is 0. The minimum absolute atomic E-state index is 0. The smallest absolute Gasteiger partial charge is 0.237 e. The van der Waals surface area contributed by atoms with E-state index in [4.69, 9.17) is 4.74 Å². The third-order valence-corrected chi connectivity index (χ3v) is 3.52. The molecule has 1 amide bonds. The molecule has 21 heavy (non-hydrogen) atoms. The highest BCUT2D eigenvalue weighted by Crippen LogP contribution is 2.14. The van der Waals surface area contributed by atoms with Crippen molar-refractivity contribution >= 4 is 18.3 Å². The lowest BCUT2D eigenvalue weighted by Gasteiger charge is -2.23. The molecule has 2 atom stereocenters. The molecule has 1 heterocycles. The van der Waals surface area contributed by atoms with Gasteiger partial charge in [-0.05, 0) is 50.9 Å². The largest absolute Gasteiger partial charge is 0.489 e. The molecule has 2 unspecified atom stereocenters. The van der Waals surface area contributed by atoms with E-state index in [1.54, 1.807) is 0 Å². The van der Waals surface area contributed by atoms with Crippen LogP contribution in [0.4, 0.5) is 0 Å². The average Bonchev–Trinajstić information content (AvgIpc) is 2.46. The normalized spacial score (nSPS) is 19.2. The van der Waals surface area contributed by atoms with Gasteiger partial charge >= 0.3 is 0 Å². The first kappa shape index (κ1) is 17.8. The van der Waals surface area contributed by atoms with E-state index in [9.17, 15) is 4.79 Å². The Hall–Kier alpha value is -1.26. The number of amides is 1. The van der Waals surface area contributed by atoms with Gasteiger partial charge in [0.2, 0.25) is 5.91 Å². The lowest BCUT2D eigenvalue weighted by Crippen LogP contribution is -2.48. The number of halogens is 1. The summed E-state index contributed by atoms with van der Waals surface area (Å²) in [7, 11) is 0. The summed E-state index contributed by atoms with van der Waals surface area (Å²) in [5.41, 5.74) is 1.17. The van der Waals surface area contributed by atoms with Gasteiger partial charge in [-0.25, -0.2) is 0 Å². The second-order valence-corrected chi connectivity index (χ2v) is 5.49. The number of carbonyl (C=O) groups excluding carboxylic acids is 1. The van der Waals surface area contributed by atoms with Crippen LogP contribution in [0.5, 0.6) is 5.75 Å². The third-order valence-electron chi connectivity index (χ3n) is 3.52. The molecule has 118 valence electrons. The molecule has 0 aliphatic carbocycles. The number of hydrogen-bond acceptors (Lipinski definition) is 3. The number of hydrogen-bond donors (Lipinski definition) is 2. The third kappa shape index (κ3) is 5.94. The molecule has 5 heteroatoms. The van der Waals surface area contributed by atoms with Crippen molar-refractivity contribution in [1.29, 1.82) is 0 Å².